The molecule has 5 heteroatoms. The predicted octanol–water partition coefficient (Wildman–Crippen LogP) is 5.09. The van der Waals surface area contributed by atoms with Gasteiger partial charge in [-0.15, -0.1) is 0 Å². The fraction of sp³-hybridized carbons (Fsp3) is 0.588. The number of para-hydroxylation sites is 2. The minimum Gasteiger partial charge on any atom is -0.424 e. The molecule has 1 N–H and O–H groups in total. The summed E-state index contributed by atoms with van der Waals surface area (Å²) in [4.78, 5) is 4.35. The van der Waals surface area contributed by atoms with Gasteiger partial charge in [-0.05, 0) is 36.8 Å². The van der Waals surface area contributed by atoms with Gasteiger partial charge in [-0.1, -0.05) is 26.0 Å². The molecule has 1 heterocycles. The van der Waals surface area contributed by atoms with Crippen LogP contribution in [-0.4, -0.2) is 16.9 Å². The average Bonchev–Trinajstić information content (AvgIpc) is 2.77. The molecule has 0 amide bonds. The second-order valence-corrected chi connectivity index (χ2v) is 7.29. The van der Waals surface area contributed by atoms with Gasteiger partial charge in [-0.25, -0.2) is 8.78 Å². The first-order valence-corrected chi connectivity index (χ1v) is 7.74. The van der Waals surface area contributed by atoms with Gasteiger partial charge in [0.15, 0.2) is 5.58 Å². The largest absolute Gasteiger partial charge is 0.424 e. The first-order valence-electron chi connectivity index (χ1n) is 7.74. The molecule has 0 bridgehead atoms. The molecule has 1 fully saturated rings. The number of oxazole rings is 1. The Labute approximate surface area is 129 Å². The first kappa shape index (κ1) is 15.3. The standard InChI is InChI=1S/C17H22F2N2O/c1-11(12-8-16(2,3)10-17(18,19)9-12)20-15-21-13-6-4-5-7-14(13)22-15/h4-7,11-12H,8-10H2,1-3H3,(H,20,21). The fourth-order valence-electron chi connectivity index (χ4n) is 3.61. The van der Waals surface area contributed by atoms with E-state index in [4.69, 9.17) is 4.42 Å². The second kappa shape index (κ2) is 5.21. The van der Waals surface area contributed by atoms with E-state index in [0.717, 1.165) is 11.9 Å². The number of rotatable bonds is 3. The number of hydrogen-bond acceptors (Lipinski definition) is 3. The van der Waals surface area contributed by atoms with Crippen molar-refractivity contribution in [3.8, 4) is 0 Å². The molecule has 1 aromatic heterocycles. The maximum absolute atomic E-state index is 13.9. The Morgan fingerprint density at radius 3 is 2.68 bits per heavy atom. The van der Waals surface area contributed by atoms with Crippen molar-refractivity contribution in [1.29, 1.82) is 0 Å². The molecule has 120 valence electrons. The number of alkyl halides is 2. The summed E-state index contributed by atoms with van der Waals surface area (Å²) in [5.74, 6) is -2.70. The maximum Gasteiger partial charge on any atom is 0.295 e. The van der Waals surface area contributed by atoms with Crippen molar-refractivity contribution in [2.75, 3.05) is 5.32 Å². The highest BCUT2D eigenvalue weighted by Gasteiger charge is 2.46. The van der Waals surface area contributed by atoms with E-state index in [1.165, 1.54) is 0 Å². The van der Waals surface area contributed by atoms with Gasteiger partial charge in [0.2, 0.25) is 5.92 Å². The average molecular weight is 308 g/mol. The van der Waals surface area contributed by atoms with E-state index in [2.05, 4.69) is 10.3 Å². The summed E-state index contributed by atoms with van der Waals surface area (Å²) in [6.45, 7) is 5.76. The predicted molar refractivity (Wildman–Crippen MR) is 83.2 cm³/mol. The van der Waals surface area contributed by atoms with E-state index in [1.807, 2.05) is 45.0 Å². The van der Waals surface area contributed by atoms with Gasteiger partial charge in [0.25, 0.3) is 6.01 Å². The van der Waals surface area contributed by atoms with Crippen molar-refractivity contribution < 1.29 is 13.2 Å². The number of halogens is 2. The van der Waals surface area contributed by atoms with Crippen molar-refractivity contribution in [2.45, 2.75) is 52.0 Å². The maximum atomic E-state index is 13.9. The van der Waals surface area contributed by atoms with Crippen LogP contribution in [0.25, 0.3) is 11.1 Å². The molecule has 2 unspecified atom stereocenters. The van der Waals surface area contributed by atoms with Gasteiger partial charge < -0.3 is 9.73 Å². The Morgan fingerprint density at radius 1 is 1.27 bits per heavy atom. The highest BCUT2D eigenvalue weighted by atomic mass is 19.3. The molecule has 1 aromatic carbocycles. The van der Waals surface area contributed by atoms with Crippen molar-refractivity contribution in [1.82, 2.24) is 4.98 Å². The number of anilines is 1. The molecule has 1 saturated carbocycles. The Balaban J connectivity index is 1.74. The van der Waals surface area contributed by atoms with Crippen LogP contribution in [0.4, 0.5) is 14.8 Å². The number of nitrogens with one attached hydrogen (secondary N) is 1. The third-order valence-corrected chi connectivity index (χ3v) is 4.46. The van der Waals surface area contributed by atoms with Gasteiger partial charge in [0, 0.05) is 18.9 Å². The number of nitrogens with zero attached hydrogens (tertiary/aromatic N) is 1. The highest BCUT2D eigenvalue weighted by Crippen LogP contribution is 2.48. The summed E-state index contributed by atoms with van der Waals surface area (Å²) in [5.41, 5.74) is 1.13. The van der Waals surface area contributed by atoms with E-state index in [0.29, 0.717) is 11.6 Å². The summed E-state index contributed by atoms with van der Waals surface area (Å²) < 4.78 is 33.5. The molecule has 0 saturated heterocycles. The Bertz CT molecular complexity index is 616. The van der Waals surface area contributed by atoms with Crippen LogP contribution < -0.4 is 5.32 Å². The number of hydrogen-bond donors (Lipinski definition) is 1. The summed E-state index contributed by atoms with van der Waals surface area (Å²) in [6.07, 6.45) is 0.661. The SMILES string of the molecule is CC(Nc1nc2ccccc2o1)C1CC(C)(C)CC(F)(F)C1. The molecule has 22 heavy (non-hydrogen) atoms. The van der Waals surface area contributed by atoms with Gasteiger partial charge in [-0.3, -0.25) is 0 Å². The van der Waals surface area contributed by atoms with E-state index in [9.17, 15) is 8.78 Å². The minimum atomic E-state index is -2.59. The molecule has 1 aliphatic carbocycles. The zero-order valence-electron chi connectivity index (χ0n) is 13.2. The summed E-state index contributed by atoms with van der Waals surface area (Å²) in [7, 11) is 0. The van der Waals surface area contributed by atoms with Crippen LogP contribution in [0.1, 0.15) is 40.0 Å². The monoisotopic (exact) mass is 308 g/mol. The number of fused-ring (bicyclic) bond motifs is 1. The fourth-order valence-corrected chi connectivity index (χ4v) is 3.61. The van der Waals surface area contributed by atoms with E-state index < -0.39 is 5.92 Å². The number of benzene rings is 1. The molecule has 0 radical (unpaired) electrons. The summed E-state index contributed by atoms with van der Waals surface area (Å²) in [5, 5.41) is 3.17. The van der Waals surface area contributed by atoms with Crippen LogP contribution in [-0.2, 0) is 0 Å². The van der Waals surface area contributed by atoms with Crippen LogP contribution in [0.5, 0.6) is 0 Å². The molecule has 1 aliphatic rings. The molecule has 0 spiro atoms. The highest BCUT2D eigenvalue weighted by molar-refractivity contribution is 5.74. The van der Waals surface area contributed by atoms with Crippen LogP contribution in [0.3, 0.4) is 0 Å². The lowest BCUT2D eigenvalue weighted by molar-refractivity contribution is -0.0956. The molecule has 2 aromatic rings. The topological polar surface area (TPSA) is 38.1 Å². The molecule has 0 aliphatic heterocycles. The lowest BCUT2D eigenvalue weighted by Crippen LogP contribution is -2.42. The first-order chi connectivity index (χ1) is 10.2. The Kier molecular flexibility index (Phi) is 3.62. The third kappa shape index (κ3) is 3.23. The van der Waals surface area contributed by atoms with Gasteiger partial charge in [0.05, 0.1) is 0 Å². The molecule has 3 rings (SSSR count). The van der Waals surface area contributed by atoms with Crippen LogP contribution in [0.2, 0.25) is 0 Å². The Morgan fingerprint density at radius 2 is 2.00 bits per heavy atom. The molecular formula is C17H22F2N2O. The van der Waals surface area contributed by atoms with E-state index in [1.54, 1.807) is 0 Å². The lowest BCUT2D eigenvalue weighted by atomic mass is 9.68. The van der Waals surface area contributed by atoms with Crippen molar-refractivity contribution in [2.24, 2.45) is 11.3 Å². The van der Waals surface area contributed by atoms with Crippen molar-refractivity contribution in [3.05, 3.63) is 24.3 Å². The van der Waals surface area contributed by atoms with Gasteiger partial charge in [-0.2, -0.15) is 4.98 Å². The minimum absolute atomic E-state index is 0.0356. The quantitative estimate of drug-likeness (QED) is 0.858. The van der Waals surface area contributed by atoms with Crippen LogP contribution >= 0.6 is 0 Å². The number of aromatic nitrogens is 1. The molecule has 2 atom stereocenters. The lowest BCUT2D eigenvalue weighted by Gasteiger charge is -2.42. The smallest absolute Gasteiger partial charge is 0.295 e. The second-order valence-electron chi connectivity index (χ2n) is 7.29. The van der Waals surface area contributed by atoms with Crippen LogP contribution in [0, 0.1) is 11.3 Å². The van der Waals surface area contributed by atoms with E-state index in [-0.39, 0.29) is 30.2 Å². The zero-order chi connectivity index (χ0) is 16.0. The van der Waals surface area contributed by atoms with Crippen molar-refractivity contribution >= 4 is 17.1 Å². The third-order valence-electron chi connectivity index (χ3n) is 4.46. The van der Waals surface area contributed by atoms with Gasteiger partial charge >= 0.3 is 0 Å². The molecular weight excluding hydrogens is 286 g/mol. The van der Waals surface area contributed by atoms with E-state index >= 15 is 0 Å². The summed E-state index contributed by atoms with van der Waals surface area (Å²) in [6, 6.07) is 7.77. The summed E-state index contributed by atoms with van der Waals surface area (Å²) >= 11 is 0. The molecule has 3 nitrogen and oxygen atoms in total. The van der Waals surface area contributed by atoms with Crippen LogP contribution in [0.15, 0.2) is 28.7 Å². The van der Waals surface area contributed by atoms with Crippen molar-refractivity contribution in [3.63, 3.8) is 0 Å². The zero-order valence-corrected chi connectivity index (χ0v) is 13.2. The Hall–Kier alpha value is -1.65. The normalized spacial score (nSPS) is 25.0. The van der Waals surface area contributed by atoms with Gasteiger partial charge in [0.1, 0.15) is 5.52 Å².